The minimum absolute atomic E-state index is 0.00361. The van der Waals surface area contributed by atoms with Crippen molar-refractivity contribution in [2.75, 3.05) is 0 Å². The van der Waals surface area contributed by atoms with E-state index in [0.29, 0.717) is 5.56 Å². The lowest BCUT2D eigenvalue weighted by Gasteiger charge is -2.12. The summed E-state index contributed by atoms with van der Waals surface area (Å²) in [5.41, 5.74) is 0.603. The maximum atomic E-state index is 11.7. The topological polar surface area (TPSA) is 26.3 Å². The molecule has 0 aliphatic heterocycles. The monoisotopic (exact) mass is 284 g/mol. The third-order valence-corrected chi connectivity index (χ3v) is 2.88. The largest absolute Gasteiger partial charge is 0.459 e. The smallest absolute Gasteiger partial charge is 0.338 e. The number of esters is 1. The van der Waals surface area contributed by atoms with E-state index in [2.05, 4.69) is 22.9 Å². The molecule has 0 saturated carbocycles. The van der Waals surface area contributed by atoms with Gasteiger partial charge in [-0.05, 0) is 37.6 Å². The molecule has 0 heterocycles. The van der Waals surface area contributed by atoms with Crippen LogP contribution in [0.25, 0.3) is 0 Å². The van der Waals surface area contributed by atoms with Crippen molar-refractivity contribution in [3.8, 4) is 0 Å². The molecule has 0 amide bonds. The number of unbranched alkanes of at least 4 members (excludes halogenated alkanes) is 1. The van der Waals surface area contributed by atoms with Crippen LogP contribution < -0.4 is 0 Å². The lowest BCUT2D eigenvalue weighted by atomic mass is 10.2. The van der Waals surface area contributed by atoms with Crippen LogP contribution in [0.4, 0.5) is 0 Å². The van der Waals surface area contributed by atoms with E-state index in [1.165, 1.54) is 0 Å². The maximum Gasteiger partial charge on any atom is 0.338 e. The first-order chi connectivity index (χ1) is 7.63. The Labute approximate surface area is 105 Å². The van der Waals surface area contributed by atoms with Crippen LogP contribution in [0, 0.1) is 0 Å². The third-order valence-electron chi connectivity index (χ3n) is 2.35. The molecule has 88 valence electrons. The lowest BCUT2D eigenvalue weighted by molar-refractivity contribution is 0.0320. The molecular weight excluding hydrogens is 268 g/mol. The van der Waals surface area contributed by atoms with Gasteiger partial charge in [-0.25, -0.2) is 4.79 Å². The van der Waals surface area contributed by atoms with Crippen LogP contribution in [0.3, 0.4) is 0 Å². The molecule has 0 aliphatic rings. The average molecular weight is 285 g/mol. The fraction of sp³-hybridized carbons (Fsp3) is 0.462. The minimum atomic E-state index is -0.240. The maximum absolute atomic E-state index is 11.7. The van der Waals surface area contributed by atoms with Crippen LogP contribution in [-0.2, 0) is 4.74 Å². The molecule has 3 heteroatoms. The third kappa shape index (κ3) is 4.35. The summed E-state index contributed by atoms with van der Waals surface area (Å²) in [5.74, 6) is -0.240. The molecule has 2 nitrogen and oxygen atoms in total. The van der Waals surface area contributed by atoms with Crippen molar-refractivity contribution in [2.24, 2.45) is 0 Å². The number of benzene rings is 1. The highest BCUT2D eigenvalue weighted by molar-refractivity contribution is 9.10. The highest BCUT2D eigenvalue weighted by Gasteiger charge is 2.11. The average Bonchev–Trinajstić information content (AvgIpc) is 2.27. The molecule has 1 aromatic carbocycles. The van der Waals surface area contributed by atoms with Gasteiger partial charge in [-0.15, -0.1) is 0 Å². The van der Waals surface area contributed by atoms with Gasteiger partial charge in [-0.1, -0.05) is 35.7 Å². The SMILES string of the molecule is CCCC[C@@H](C)OC(=O)c1ccc(Br)cc1. The van der Waals surface area contributed by atoms with Crippen molar-refractivity contribution in [2.45, 2.75) is 39.2 Å². The Bertz CT molecular complexity index is 332. The molecule has 0 N–H and O–H groups in total. The second-order valence-corrected chi connectivity index (χ2v) is 4.78. The Morgan fingerprint density at radius 3 is 2.56 bits per heavy atom. The Hall–Kier alpha value is -0.830. The summed E-state index contributed by atoms with van der Waals surface area (Å²) < 4.78 is 6.29. The van der Waals surface area contributed by atoms with E-state index in [9.17, 15) is 4.79 Å². The molecule has 1 atom stereocenters. The summed E-state index contributed by atoms with van der Waals surface area (Å²) in [6.07, 6.45) is 3.14. The van der Waals surface area contributed by atoms with Gasteiger partial charge >= 0.3 is 5.97 Å². The number of hydrogen-bond donors (Lipinski definition) is 0. The van der Waals surface area contributed by atoms with Gasteiger partial charge in [0.15, 0.2) is 0 Å². The molecule has 0 fully saturated rings. The summed E-state index contributed by atoms with van der Waals surface area (Å²) in [6, 6.07) is 7.21. The number of hydrogen-bond acceptors (Lipinski definition) is 2. The van der Waals surface area contributed by atoms with Crippen LogP contribution in [0.15, 0.2) is 28.7 Å². The second-order valence-electron chi connectivity index (χ2n) is 3.87. The Morgan fingerprint density at radius 2 is 2.00 bits per heavy atom. The summed E-state index contributed by atoms with van der Waals surface area (Å²) in [6.45, 7) is 4.07. The second kappa shape index (κ2) is 6.69. The van der Waals surface area contributed by atoms with E-state index in [4.69, 9.17) is 4.74 Å². The van der Waals surface area contributed by atoms with E-state index in [-0.39, 0.29) is 12.1 Å². The fourth-order valence-electron chi connectivity index (χ4n) is 1.39. The minimum Gasteiger partial charge on any atom is -0.459 e. The van der Waals surface area contributed by atoms with Gasteiger partial charge in [0.2, 0.25) is 0 Å². The van der Waals surface area contributed by atoms with E-state index in [1.807, 2.05) is 19.1 Å². The van der Waals surface area contributed by atoms with Gasteiger partial charge in [0.05, 0.1) is 11.7 Å². The van der Waals surface area contributed by atoms with Crippen molar-refractivity contribution in [1.82, 2.24) is 0 Å². The normalized spacial score (nSPS) is 12.2. The number of carbonyl (C=O) groups is 1. The Morgan fingerprint density at radius 1 is 1.38 bits per heavy atom. The summed E-state index contributed by atoms with van der Waals surface area (Å²) in [4.78, 5) is 11.7. The van der Waals surface area contributed by atoms with Crippen LogP contribution in [0.2, 0.25) is 0 Å². The van der Waals surface area contributed by atoms with Crippen molar-refractivity contribution >= 4 is 21.9 Å². The molecule has 0 bridgehead atoms. The number of carbonyl (C=O) groups excluding carboxylic acids is 1. The standard InChI is InChI=1S/C13H17BrO2/c1-3-4-5-10(2)16-13(15)11-6-8-12(14)9-7-11/h6-10H,3-5H2,1-2H3/t10-/m1/s1. The summed E-state index contributed by atoms with van der Waals surface area (Å²) >= 11 is 3.33. The molecule has 0 aliphatic carbocycles. The number of ether oxygens (including phenoxy) is 1. The molecule has 0 unspecified atom stereocenters. The Kier molecular flexibility index (Phi) is 5.53. The summed E-state index contributed by atoms with van der Waals surface area (Å²) in [5, 5.41) is 0. The van der Waals surface area contributed by atoms with Crippen molar-refractivity contribution in [3.63, 3.8) is 0 Å². The molecular formula is C13H17BrO2. The first-order valence-electron chi connectivity index (χ1n) is 5.60. The zero-order chi connectivity index (χ0) is 12.0. The van der Waals surface area contributed by atoms with Crippen LogP contribution >= 0.6 is 15.9 Å². The van der Waals surface area contributed by atoms with E-state index < -0.39 is 0 Å². The highest BCUT2D eigenvalue weighted by atomic mass is 79.9. The van der Waals surface area contributed by atoms with Crippen LogP contribution in [0.1, 0.15) is 43.5 Å². The van der Waals surface area contributed by atoms with Gasteiger partial charge in [0.25, 0.3) is 0 Å². The quantitative estimate of drug-likeness (QED) is 0.758. The first-order valence-corrected chi connectivity index (χ1v) is 6.39. The van der Waals surface area contributed by atoms with Crippen LogP contribution in [0.5, 0.6) is 0 Å². The summed E-state index contributed by atoms with van der Waals surface area (Å²) in [7, 11) is 0. The van der Waals surface area contributed by atoms with Crippen LogP contribution in [-0.4, -0.2) is 12.1 Å². The Balaban J connectivity index is 2.48. The van der Waals surface area contributed by atoms with Crippen molar-refractivity contribution < 1.29 is 9.53 Å². The van der Waals surface area contributed by atoms with Gasteiger partial charge < -0.3 is 4.74 Å². The predicted octanol–water partition coefficient (Wildman–Crippen LogP) is 4.18. The number of halogens is 1. The predicted molar refractivity (Wildman–Crippen MR) is 68.5 cm³/mol. The molecule has 0 aromatic heterocycles. The highest BCUT2D eigenvalue weighted by Crippen LogP contribution is 2.13. The molecule has 0 spiro atoms. The van der Waals surface area contributed by atoms with Crippen molar-refractivity contribution in [3.05, 3.63) is 34.3 Å². The molecule has 0 radical (unpaired) electrons. The van der Waals surface area contributed by atoms with Gasteiger partial charge in [0, 0.05) is 4.47 Å². The number of rotatable bonds is 5. The van der Waals surface area contributed by atoms with E-state index in [0.717, 1.165) is 23.7 Å². The molecule has 1 aromatic rings. The lowest BCUT2D eigenvalue weighted by Crippen LogP contribution is -2.14. The first kappa shape index (κ1) is 13.2. The molecule has 16 heavy (non-hydrogen) atoms. The fourth-order valence-corrected chi connectivity index (χ4v) is 1.65. The zero-order valence-corrected chi connectivity index (χ0v) is 11.3. The zero-order valence-electron chi connectivity index (χ0n) is 9.70. The van der Waals surface area contributed by atoms with Gasteiger partial charge in [-0.2, -0.15) is 0 Å². The molecule has 0 saturated heterocycles. The van der Waals surface area contributed by atoms with Gasteiger partial charge in [0.1, 0.15) is 0 Å². The molecule has 1 rings (SSSR count). The van der Waals surface area contributed by atoms with E-state index in [1.54, 1.807) is 12.1 Å². The van der Waals surface area contributed by atoms with Gasteiger partial charge in [-0.3, -0.25) is 0 Å². The van der Waals surface area contributed by atoms with Crippen molar-refractivity contribution in [1.29, 1.82) is 0 Å². The van der Waals surface area contributed by atoms with E-state index >= 15 is 0 Å².